The van der Waals surface area contributed by atoms with E-state index in [1.54, 1.807) is 0 Å². The van der Waals surface area contributed by atoms with Crippen LogP contribution in [0.15, 0.2) is 24.3 Å². The van der Waals surface area contributed by atoms with Crippen LogP contribution in [-0.2, 0) is 9.59 Å². The first kappa shape index (κ1) is 16.5. The Morgan fingerprint density at radius 2 is 2.09 bits per heavy atom. The van der Waals surface area contributed by atoms with Crippen molar-refractivity contribution in [3.8, 4) is 0 Å². The van der Waals surface area contributed by atoms with Crippen LogP contribution < -0.4 is 5.32 Å². The van der Waals surface area contributed by atoms with Crippen LogP contribution in [-0.4, -0.2) is 29.8 Å². The van der Waals surface area contributed by atoms with Gasteiger partial charge in [0.05, 0.1) is 5.92 Å². The van der Waals surface area contributed by atoms with E-state index in [0.29, 0.717) is 18.9 Å². The van der Waals surface area contributed by atoms with Crippen molar-refractivity contribution in [2.75, 3.05) is 18.4 Å². The van der Waals surface area contributed by atoms with Gasteiger partial charge in [0.2, 0.25) is 11.8 Å². The number of nitrogens with one attached hydrogen (secondary N) is 1. The Hall–Kier alpha value is -1.84. The predicted octanol–water partition coefficient (Wildman–Crippen LogP) is 3.40. The number of hydrogen-bond acceptors (Lipinski definition) is 2. The molecule has 1 heterocycles. The molecule has 0 bridgehead atoms. The molecule has 0 unspecified atom stereocenters. The van der Waals surface area contributed by atoms with Crippen molar-refractivity contribution < 1.29 is 9.59 Å². The maximum Gasteiger partial charge on any atom is 0.229 e. The molecular formula is C18H26N2O2. The lowest BCUT2D eigenvalue weighted by Crippen LogP contribution is -2.29. The van der Waals surface area contributed by atoms with Crippen molar-refractivity contribution in [3.05, 3.63) is 29.8 Å². The third-order valence-corrected chi connectivity index (χ3v) is 4.21. The van der Waals surface area contributed by atoms with Crippen molar-refractivity contribution in [1.82, 2.24) is 4.90 Å². The zero-order valence-corrected chi connectivity index (χ0v) is 13.8. The topological polar surface area (TPSA) is 49.4 Å². The zero-order chi connectivity index (χ0) is 16.1. The highest BCUT2D eigenvalue weighted by molar-refractivity contribution is 5.97. The lowest BCUT2D eigenvalue weighted by molar-refractivity contribution is -0.128. The minimum absolute atomic E-state index is 0.0413. The van der Waals surface area contributed by atoms with Gasteiger partial charge in [0, 0.05) is 25.2 Å². The Kier molecular flexibility index (Phi) is 5.58. The highest BCUT2D eigenvalue weighted by atomic mass is 16.2. The van der Waals surface area contributed by atoms with E-state index in [9.17, 15) is 9.59 Å². The number of rotatable bonds is 6. The molecule has 1 atom stereocenters. The summed E-state index contributed by atoms with van der Waals surface area (Å²) >= 11 is 0. The van der Waals surface area contributed by atoms with E-state index in [1.165, 1.54) is 0 Å². The number of carbonyl (C=O) groups is 2. The molecular weight excluding hydrogens is 276 g/mol. The molecule has 0 saturated carbocycles. The molecule has 0 radical (unpaired) electrons. The minimum atomic E-state index is -0.232. The summed E-state index contributed by atoms with van der Waals surface area (Å²) in [5.74, 6) is 0.179. The number of likely N-dealkylation sites (tertiary alicyclic amines) is 1. The zero-order valence-electron chi connectivity index (χ0n) is 13.8. The summed E-state index contributed by atoms with van der Waals surface area (Å²) in [5.41, 5.74) is 1.99. The molecule has 2 amide bonds. The first-order chi connectivity index (χ1) is 10.5. The summed E-state index contributed by atoms with van der Waals surface area (Å²) in [6, 6.07) is 7.87. The van der Waals surface area contributed by atoms with E-state index in [1.807, 2.05) is 29.2 Å². The lowest BCUT2D eigenvalue weighted by Gasteiger charge is -2.17. The number of benzene rings is 1. The molecule has 0 aromatic heterocycles. The maximum absolute atomic E-state index is 12.5. The number of carbonyl (C=O) groups excluding carboxylic acids is 2. The van der Waals surface area contributed by atoms with Crippen molar-refractivity contribution in [2.45, 2.75) is 46.0 Å². The second kappa shape index (κ2) is 7.43. The van der Waals surface area contributed by atoms with E-state index in [4.69, 9.17) is 0 Å². The standard InChI is InChI=1S/C18H26N2O2/c1-4-5-10-20-12-14(11-17(20)21)18(22)19-16-9-7-6-8-15(16)13(2)3/h6-9,13-14H,4-5,10-12H2,1-3H3,(H,19,22)/t14-/m1/s1. The van der Waals surface area contributed by atoms with Gasteiger partial charge in [-0.15, -0.1) is 0 Å². The van der Waals surface area contributed by atoms with Gasteiger partial charge < -0.3 is 10.2 Å². The normalized spacial score (nSPS) is 18.1. The molecule has 1 aliphatic heterocycles. The van der Waals surface area contributed by atoms with Gasteiger partial charge in [-0.3, -0.25) is 9.59 Å². The van der Waals surface area contributed by atoms with Crippen LogP contribution in [0.3, 0.4) is 0 Å². The molecule has 120 valence electrons. The second-order valence-electron chi connectivity index (χ2n) is 6.33. The fraction of sp³-hybridized carbons (Fsp3) is 0.556. The van der Waals surface area contributed by atoms with Gasteiger partial charge >= 0.3 is 0 Å². The number of nitrogens with zero attached hydrogens (tertiary/aromatic N) is 1. The Morgan fingerprint density at radius 1 is 1.36 bits per heavy atom. The van der Waals surface area contributed by atoms with E-state index in [2.05, 4.69) is 26.1 Å². The van der Waals surface area contributed by atoms with Crippen molar-refractivity contribution in [2.24, 2.45) is 5.92 Å². The SMILES string of the molecule is CCCCN1C[C@H](C(=O)Nc2ccccc2C(C)C)CC1=O. The van der Waals surface area contributed by atoms with Crippen LogP contribution in [0, 0.1) is 5.92 Å². The number of amides is 2. The molecule has 1 aromatic rings. The smallest absolute Gasteiger partial charge is 0.229 e. The summed E-state index contributed by atoms with van der Waals surface area (Å²) in [6.07, 6.45) is 2.39. The Morgan fingerprint density at radius 3 is 2.77 bits per heavy atom. The predicted molar refractivity (Wildman–Crippen MR) is 88.8 cm³/mol. The summed E-state index contributed by atoms with van der Waals surface area (Å²) in [5, 5.41) is 3.01. The fourth-order valence-corrected chi connectivity index (χ4v) is 2.86. The Bertz CT molecular complexity index is 540. The average Bonchev–Trinajstić information content (AvgIpc) is 2.86. The van der Waals surface area contributed by atoms with Gasteiger partial charge in [0.15, 0.2) is 0 Å². The van der Waals surface area contributed by atoms with Gasteiger partial charge in [0.1, 0.15) is 0 Å². The van der Waals surface area contributed by atoms with Crippen LogP contribution in [0.25, 0.3) is 0 Å². The quantitative estimate of drug-likeness (QED) is 0.875. The number of anilines is 1. The monoisotopic (exact) mass is 302 g/mol. The third kappa shape index (κ3) is 3.87. The summed E-state index contributed by atoms with van der Waals surface area (Å²) < 4.78 is 0. The van der Waals surface area contributed by atoms with Gasteiger partial charge in [-0.05, 0) is 24.0 Å². The van der Waals surface area contributed by atoms with Gasteiger partial charge in [-0.2, -0.15) is 0 Å². The van der Waals surface area contributed by atoms with Crippen molar-refractivity contribution in [1.29, 1.82) is 0 Å². The van der Waals surface area contributed by atoms with Gasteiger partial charge in [-0.1, -0.05) is 45.4 Å². The number of unbranched alkanes of at least 4 members (excludes halogenated alkanes) is 1. The molecule has 4 heteroatoms. The molecule has 1 aromatic carbocycles. The third-order valence-electron chi connectivity index (χ3n) is 4.21. The molecule has 1 N–H and O–H groups in total. The first-order valence-corrected chi connectivity index (χ1v) is 8.20. The molecule has 2 rings (SSSR count). The van der Waals surface area contributed by atoms with Crippen LogP contribution >= 0.6 is 0 Å². The lowest BCUT2D eigenvalue weighted by atomic mass is 10.0. The van der Waals surface area contributed by atoms with Crippen LogP contribution in [0.1, 0.15) is 51.5 Å². The summed E-state index contributed by atoms with van der Waals surface area (Å²) in [6.45, 7) is 7.64. The van der Waals surface area contributed by atoms with Crippen molar-refractivity contribution >= 4 is 17.5 Å². The molecule has 1 aliphatic rings. The summed E-state index contributed by atoms with van der Waals surface area (Å²) in [7, 11) is 0. The van der Waals surface area contributed by atoms with Crippen molar-refractivity contribution in [3.63, 3.8) is 0 Å². The highest BCUT2D eigenvalue weighted by Gasteiger charge is 2.34. The maximum atomic E-state index is 12.5. The van der Waals surface area contributed by atoms with E-state index in [-0.39, 0.29) is 17.7 Å². The Balaban J connectivity index is 2.00. The Labute approximate surface area is 132 Å². The number of hydrogen-bond donors (Lipinski definition) is 1. The van der Waals surface area contributed by atoms with E-state index in [0.717, 1.165) is 30.6 Å². The van der Waals surface area contributed by atoms with E-state index >= 15 is 0 Å². The van der Waals surface area contributed by atoms with Gasteiger partial charge in [-0.25, -0.2) is 0 Å². The highest BCUT2D eigenvalue weighted by Crippen LogP contribution is 2.26. The molecule has 22 heavy (non-hydrogen) atoms. The van der Waals surface area contributed by atoms with E-state index < -0.39 is 0 Å². The first-order valence-electron chi connectivity index (χ1n) is 8.20. The van der Waals surface area contributed by atoms with Gasteiger partial charge in [0.25, 0.3) is 0 Å². The molecule has 1 saturated heterocycles. The summed E-state index contributed by atoms with van der Waals surface area (Å²) in [4.78, 5) is 26.3. The van der Waals surface area contributed by atoms with Crippen LogP contribution in [0.4, 0.5) is 5.69 Å². The average molecular weight is 302 g/mol. The molecule has 0 aliphatic carbocycles. The largest absolute Gasteiger partial charge is 0.342 e. The van der Waals surface area contributed by atoms with Crippen LogP contribution in [0.2, 0.25) is 0 Å². The second-order valence-corrected chi connectivity index (χ2v) is 6.33. The molecule has 1 fully saturated rings. The minimum Gasteiger partial charge on any atom is -0.342 e. The van der Waals surface area contributed by atoms with Crippen LogP contribution in [0.5, 0.6) is 0 Å². The fourth-order valence-electron chi connectivity index (χ4n) is 2.86. The number of para-hydroxylation sites is 1. The molecule has 4 nitrogen and oxygen atoms in total. The molecule has 0 spiro atoms.